The molecule has 0 aliphatic rings. The van der Waals surface area contributed by atoms with Crippen LogP contribution in [0.2, 0.25) is 0 Å². The molecule has 0 saturated carbocycles. The molecule has 0 unspecified atom stereocenters. The maximum Gasteiger partial charge on any atom is 0.0720 e. The molecule has 0 amide bonds. The zero-order valence-electron chi connectivity index (χ0n) is 12.8. The highest BCUT2D eigenvalue weighted by Crippen LogP contribution is 2.32. The van der Waals surface area contributed by atoms with Gasteiger partial charge in [0.05, 0.1) is 11.2 Å². The molecule has 22 heavy (non-hydrogen) atoms. The number of fused-ring (bicyclic) bond motifs is 1. The molecule has 3 aromatic rings. The van der Waals surface area contributed by atoms with Gasteiger partial charge in [0.15, 0.2) is 0 Å². The quantitative estimate of drug-likeness (QED) is 0.551. The fourth-order valence-electron chi connectivity index (χ4n) is 2.45. The van der Waals surface area contributed by atoms with E-state index >= 15 is 0 Å². The van der Waals surface area contributed by atoms with Gasteiger partial charge < -0.3 is 5.73 Å². The Labute approximate surface area is 135 Å². The van der Waals surface area contributed by atoms with E-state index in [1.54, 1.807) is 0 Å². The van der Waals surface area contributed by atoms with Crippen molar-refractivity contribution in [3.05, 3.63) is 60.2 Å². The van der Waals surface area contributed by atoms with Crippen LogP contribution in [0.15, 0.2) is 59.5 Å². The number of hydrogen-bond acceptors (Lipinski definition) is 3. The second-order valence-corrected chi connectivity index (χ2v) is 6.52. The number of rotatable bonds is 5. The highest BCUT2D eigenvalue weighted by Gasteiger charge is 2.08. The van der Waals surface area contributed by atoms with Crippen LogP contribution in [0.1, 0.15) is 12.0 Å². The third kappa shape index (κ3) is 3.32. The molecule has 0 aliphatic heterocycles. The number of thioether (sulfide) groups is 1. The molecule has 0 spiro atoms. The van der Waals surface area contributed by atoms with Crippen LogP contribution >= 0.6 is 11.8 Å². The van der Waals surface area contributed by atoms with Crippen molar-refractivity contribution in [2.24, 2.45) is 5.73 Å². The number of nitrogens with two attached hydrogens (primary N) is 1. The lowest BCUT2D eigenvalue weighted by Crippen LogP contribution is -1.99. The van der Waals surface area contributed by atoms with Gasteiger partial charge in [-0.2, -0.15) is 0 Å². The van der Waals surface area contributed by atoms with Gasteiger partial charge in [-0.15, -0.1) is 11.8 Å². The Bertz CT molecular complexity index is 769. The summed E-state index contributed by atoms with van der Waals surface area (Å²) in [5, 5.41) is 1.24. The van der Waals surface area contributed by atoms with Crippen LogP contribution < -0.4 is 5.73 Å². The smallest absolute Gasteiger partial charge is 0.0720 e. The molecule has 0 bridgehead atoms. The topological polar surface area (TPSA) is 38.9 Å². The van der Waals surface area contributed by atoms with Gasteiger partial charge in [-0.05, 0) is 43.8 Å². The number of nitrogens with zero attached hydrogens (tertiary/aromatic N) is 1. The first kappa shape index (κ1) is 15.1. The van der Waals surface area contributed by atoms with Crippen molar-refractivity contribution in [2.45, 2.75) is 18.2 Å². The molecule has 2 aromatic carbocycles. The Hall–Kier alpha value is -1.84. The van der Waals surface area contributed by atoms with Crippen molar-refractivity contribution >= 4 is 22.7 Å². The van der Waals surface area contributed by atoms with E-state index < -0.39 is 0 Å². The Balaban J connectivity index is 2.09. The SMILES string of the molecule is Cc1ccc2nc(-c3ccccc3)cc(SCCCN)c2c1. The molecule has 0 radical (unpaired) electrons. The standard InChI is InChI=1S/C19H20N2S/c1-14-8-9-17-16(12-14)19(22-11-5-10-20)13-18(21-17)15-6-3-2-4-7-15/h2-4,6-9,12-13H,5,10-11,20H2,1H3. The van der Waals surface area contributed by atoms with Crippen LogP contribution in [0.4, 0.5) is 0 Å². The normalized spacial score (nSPS) is 11.0. The van der Waals surface area contributed by atoms with Gasteiger partial charge >= 0.3 is 0 Å². The molecule has 0 aliphatic carbocycles. The van der Waals surface area contributed by atoms with Crippen LogP contribution in [0.3, 0.4) is 0 Å². The summed E-state index contributed by atoms with van der Waals surface area (Å²) in [6.45, 7) is 2.86. The highest BCUT2D eigenvalue weighted by atomic mass is 32.2. The fourth-order valence-corrected chi connectivity index (χ4v) is 3.50. The van der Waals surface area contributed by atoms with Crippen molar-refractivity contribution in [3.63, 3.8) is 0 Å². The first-order valence-electron chi connectivity index (χ1n) is 7.57. The van der Waals surface area contributed by atoms with Crippen LogP contribution in [0.25, 0.3) is 22.2 Å². The summed E-state index contributed by atoms with van der Waals surface area (Å²) in [6.07, 6.45) is 1.03. The largest absolute Gasteiger partial charge is 0.330 e. The summed E-state index contributed by atoms with van der Waals surface area (Å²) in [5.41, 5.74) is 10.1. The molecular formula is C19H20N2S. The number of pyridine rings is 1. The molecule has 3 heteroatoms. The van der Waals surface area contributed by atoms with Gasteiger partial charge in [0.1, 0.15) is 0 Å². The van der Waals surface area contributed by atoms with Crippen molar-refractivity contribution in [1.82, 2.24) is 4.98 Å². The lowest BCUT2D eigenvalue weighted by atomic mass is 10.1. The van der Waals surface area contributed by atoms with E-state index in [2.05, 4.69) is 55.5 Å². The van der Waals surface area contributed by atoms with E-state index in [0.29, 0.717) is 0 Å². The fraction of sp³-hybridized carbons (Fsp3) is 0.211. The molecule has 112 valence electrons. The summed E-state index contributed by atoms with van der Waals surface area (Å²) >= 11 is 1.87. The Morgan fingerprint density at radius 2 is 1.86 bits per heavy atom. The maximum absolute atomic E-state index is 5.62. The average molecular weight is 308 g/mol. The van der Waals surface area contributed by atoms with Crippen molar-refractivity contribution in [1.29, 1.82) is 0 Å². The third-order valence-electron chi connectivity index (χ3n) is 3.60. The predicted molar refractivity (Wildman–Crippen MR) is 96.3 cm³/mol. The summed E-state index contributed by atoms with van der Waals surface area (Å²) in [7, 11) is 0. The molecule has 0 fully saturated rings. The van der Waals surface area contributed by atoms with Gasteiger partial charge in [0.2, 0.25) is 0 Å². The lowest BCUT2D eigenvalue weighted by Gasteiger charge is -2.10. The first-order valence-corrected chi connectivity index (χ1v) is 8.56. The summed E-state index contributed by atoms with van der Waals surface area (Å²) in [5.74, 6) is 1.04. The average Bonchev–Trinajstić information content (AvgIpc) is 2.56. The first-order chi connectivity index (χ1) is 10.8. The van der Waals surface area contributed by atoms with Crippen molar-refractivity contribution in [3.8, 4) is 11.3 Å². The zero-order chi connectivity index (χ0) is 15.4. The summed E-state index contributed by atoms with van der Waals surface area (Å²) < 4.78 is 0. The van der Waals surface area contributed by atoms with Gasteiger partial charge in [0.25, 0.3) is 0 Å². The van der Waals surface area contributed by atoms with Crippen LogP contribution in [0.5, 0.6) is 0 Å². The van der Waals surface area contributed by atoms with Crippen LogP contribution in [-0.2, 0) is 0 Å². The summed E-state index contributed by atoms with van der Waals surface area (Å²) in [4.78, 5) is 6.13. The molecule has 0 atom stereocenters. The second-order valence-electron chi connectivity index (χ2n) is 5.38. The lowest BCUT2D eigenvalue weighted by molar-refractivity contribution is 0.943. The minimum Gasteiger partial charge on any atom is -0.330 e. The van der Waals surface area contributed by atoms with E-state index in [9.17, 15) is 0 Å². The van der Waals surface area contributed by atoms with E-state index in [4.69, 9.17) is 10.7 Å². The number of benzene rings is 2. The third-order valence-corrected chi connectivity index (χ3v) is 4.74. The number of aryl methyl sites for hydroxylation is 1. The van der Waals surface area contributed by atoms with E-state index in [-0.39, 0.29) is 0 Å². The Morgan fingerprint density at radius 3 is 2.64 bits per heavy atom. The molecule has 2 N–H and O–H groups in total. The minimum atomic E-state index is 0.737. The number of aromatic nitrogens is 1. The van der Waals surface area contributed by atoms with E-state index in [1.165, 1.54) is 15.8 Å². The van der Waals surface area contributed by atoms with Crippen molar-refractivity contribution < 1.29 is 0 Å². The molecule has 0 saturated heterocycles. The number of hydrogen-bond donors (Lipinski definition) is 1. The van der Waals surface area contributed by atoms with Crippen LogP contribution in [-0.4, -0.2) is 17.3 Å². The molecule has 3 rings (SSSR count). The zero-order valence-corrected chi connectivity index (χ0v) is 13.6. The Morgan fingerprint density at radius 1 is 1.05 bits per heavy atom. The molecule has 1 heterocycles. The van der Waals surface area contributed by atoms with Gasteiger partial charge in [-0.1, -0.05) is 42.0 Å². The monoisotopic (exact) mass is 308 g/mol. The second kappa shape index (κ2) is 6.95. The van der Waals surface area contributed by atoms with E-state index in [1.807, 2.05) is 17.8 Å². The molecule has 1 aromatic heterocycles. The maximum atomic E-state index is 5.62. The van der Waals surface area contributed by atoms with Gasteiger partial charge in [-0.25, -0.2) is 4.98 Å². The van der Waals surface area contributed by atoms with Crippen LogP contribution in [0, 0.1) is 6.92 Å². The molecular weight excluding hydrogens is 288 g/mol. The van der Waals surface area contributed by atoms with Gasteiger partial charge in [-0.3, -0.25) is 0 Å². The molecule has 2 nitrogen and oxygen atoms in total. The van der Waals surface area contributed by atoms with Gasteiger partial charge in [0, 0.05) is 15.8 Å². The highest BCUT2D eigenvalue weighted by molar-refractivity contribution is 7.99. The minimum absolute atomic E-state index is 0.737. The predicted octanol–water partition coefficient (Wildman–Crippen LogP) is 4.65. The summed E-state index contributed by atoms with van der Waals surface area (Å²) in [6, 6.07) is 19.0. The van der Waals surface area contributed by atoms with E-state index in [0.717, 1.165) is 35.5 Å². The van der Waals surface area contributed by atoms with Crippen molar-refractivity contribution in [2.75, 3.05) is 12.3 Å². The Kier molecular flexibility index (Phi) is 4.76.